The van der Waals surface area contributed by atoms with Gasteiger partial charge in [-0.15, -0.1) is 0 Å². The Kier molecular flexibility index (Phi) is 3.68. The maximum Gasteiger partial charge on any atom is 0.165 e. The van der Waals surface area contributed by atoms with Crippen molar-refractivity contribution in [3.8, 4) is 5.75 Å². The van der Waals surface area contributed by atoms with Crippen LogP contribution in [0.25, 0.3) is 0 Å². The summed E-state index contributed by atoms with van der Waals surface area (Å²) in [6, 6.07) is 15.2. The molecule has 0 radical (unpaired) electrons. The van der Waals surface area contributed by atoms with Crippen LogP contribution in [-0.4, -0.2) is 7.11 Å². The third-order valence-corrected chi connectivity index (χ3v) is 4.72. The first-order valence-corrected chi connectivity index (χ1v) is 7.32. The quantitative estimate of drug-likeness (QED) is 0.923. The summed E-state index contributed by atoms with van der Waals surface area (Å²) in [4.78, 5) is 0. The van der Waals surface area contributed by atoms with Crippen LogP contribution in [0.5, 0.6) is 5.75 Å². The van der Waals surface area contributed by atoms with E-state index in [1.54, 1.807) is 6.07 Å². The van der Waals surface area contributed by atoms with E-state index in [4.69, 9.17) is 10.5 Å². The van der Waals surface area contributed by atoms with Gasteiger partial charge in [0.1, 0.15) is 0 Å². The summed E-state index contributed by atoms with van der Waals surface area (Å²) in [7, 11) is 1.47. The molecular formula is C18H20FNO. The Morgan fingerprint density at radius 3 is 2.38 bits per heavy atom. The molecule has 0 saturated heterocycles. The van der Waals surface area contributed by atoms with Gasteiger partial charge in [0, 0.05) is 11.5 Å². The molecule has 2 nitrogen and oxygen atoms in total. The fraction of sp³-hybridized carbons (Fsp3) is 0.333. The summed E-state index contributed by atoms with van der Waals surface area (Å²) in [5.74, 6) is -0.0960. The van der Waals surface area contributed by atoms with Crippen molar-refractivity contribution in [2.75, 3.05) is 7.11 Å². The van der Waals surface area contributed by atoms with Crippen LogP contribution in [-0.2, 0) is 5.41 Å². The van der Waals surface area contributed by atoms with Crippen molar-refractivity contribution in [3.63, 3.8) is 0 Å². The summed E-state index contributed by atoms with van der Waals surface area (Å²) in [6.07, 6.45) is 3.26. The average molecular weight is 285 g/mol. The maximum absolute atomic E-state index is 13.9. The van der Waals surface area contributed by atoms with Crippen molar-refractivity contribution in [1.82, 2.24) is 0 Å². The molecule has 1 aliphatic carbocycles. The van der Waals surface area contributed by atoms with Crippen LogP contribution in [0, 0.1) is 5.82 Å². The Bertz CT molecular complexity index is 622. The van der Waals surface area contributed by atoms with E-state index in [1.165, 1.54) is 25.2 Å². The van der Waals surface area contributed by atoms with Crippen LogP contribution >= 0.6 is 0 Å². The van der Waals surface area contributed by atoms with Gasteiger partial charge in [-0.05, 0) is 36.1 Å². The molecule has 2 N–H and O–H groups in total. The Hall–Kier alpha value is -1.87. The van der Waals surface area contributed by atoms with Gasteiger partial charge < -0.3 is 10.5 Å². The van der Waals surface area contributed by atoms with Crippen molar-refractivity contribution in [1.29, 1.82) is 0 Å². The summed E-state index contributed by atoms with van der Waals surface area (Å²) in [5.41, 5.74) is 8.53. The summed E-state index contributed by atoms with van der Waals surface area (Å²) in [5, 5.41) is 0. The molecule has 2 aromatic rings. The lowest BCUT2D eigenvalue weighted by atomic mass is 9.59. The molecule has 110 valence electrons. The van der Waals surface area contributed by atoms with Crippen molar-refractivity contribution >= 4 is 0 Å². The summed E-state index contributed by atoms with van der Waals surface area (Å²) >= 11 is 0. The first-order valence-electron chi connectivity index (χ1n) is 7.32. The predicted octanol–water partition coefficient (Wildman–Crippen LogP) is 3.96. The van der Waals surface area contributed by atoms with E-state index in [-0.39, 0.29) is 23.0 Å². The fourth-order valence-corrected chi connectivity index (χ4v) is 3.30. The fourth-order valence-electron chi connectivity index (χ4n) is 3.30. The molecule has 2 aromatic carbocycles. The normalized spacial score (nSPS) is 17.9. The molecule has 0 amide bonds. The molecule has 0 bridgehead atoms. The van der Waals surface area contributed by atoms with Crippen LogP contribution in [0.15, 0.2) is 48.5 Å². The van der Waals surface area contributed by atoms with Gasteiger partial charge in [0.15, 0.2) is 11.6 Å². The van der Waals surface area contributed by atoms with Crippen molar-refractivity contribution in [3.05, 3.63) is 65.5 Å². The standard InChI is InChI=1S/C18H20FNO/c1-21-16-9-8-13(12-15(16)19)17(20)18(10-5-11-18)14-6-3-2-4-7-14/h2-4,6-9,12,17H,5,10-11,20H2,1H3. The highest BCUT2D eigenvalue weighted by atomic mass is 19.1. The SMILES string of the molecule is COc1ccc(C(N)C2(c3ccccc3)CCC2)cc1F. The molecule has 3 rings (SSSR count). The second-order valence-electron chi connectivity index (χ2n) is 5.75. The van der Waals surface area contributed by atoms with Gasteiger partial charge in [-0.1, -0.05) is 42.8 Å². The molecule has 0 heterocycles. The number of halogens is 1. The molecule has 21 heavy (non-hydrogen) atoms. The highest BCUT2D eigenvalue weighted by Crippen LogP contribution is 2.51. The number of benzene rings is 2. The smallest absolute Gasteiger partial charge is 0.165 e. The highest BCUT2D eigenvalue weighted by molar-refractivity contribution is 5.38. The topological polar surface area (TPSA) is 35.2 Å². The second-order valence-corrected chi connectivity index (χ2v) is 5.75. The van der Waals surface area contributed by atoms with E-state index in [9.17, 15) is 4.39 Å². The van der Waals surface area contributed by atoms with Gasteiger partial charge in [0.05, 0.1) is 7.11 Å². The molecule has 0 spiro atoms. The average Bonchev–Trinajstić information content (AvgIpc) is 2.47. The molecule has 1 unspecified atom stereocenters. The minimum absolute atomic E-state index is 0.0672. The molecule has 1 atom stereocenters. The van der Waals surface area contributed by atoms with Gasteiger partial charge in [0.25, 0.3) is 0 Å². The lowest BCUT2D eigenvalue weighted by molar-refractivity contribution is 0.196. The van der Waals surface area contributed by atoms with E-state index in [1.807, 2.05) is 24.3 Å². The maximum atomic E-state index is 13.9. The van der Waals surface area contributed by atoms with E-state index in [2.05, 4.69) is 12.1 Å². The molecule has 1 fully saturated rings. The molecular weight excluding hydrogens is 265 g/mol. The number of hydrogen-bond donors (Lipinski definition) is 1. The summed E-state index contributed by atoms with van der Waals surface area (Å²) in [6.45, 7) is 0. The minimum atomic E-state index is -0.354. The Morgan fingerprint density at radius 1 is 1.14 bits per heavy atom. The van der Waals surface area contributed by atoms with Gasteiger partial charge in [-0.3, -0.25) is 0 Å². The number of methoxy groups -OCH3 is 1. The van der Waals surface area contributed by atoms with Crippen LogP contribution in [0.3, 0.4) is 0 Å². The van der Waals surface area contributed by atoms with Crippen LogP contribution in [0.2, 0.25) is 0 Å². The zero-order chi connectivity index (χ0) is 14.9. The molecule has 1 aliphatic rings. The van der Waals surface area contributed by atoms with E-state index in [0.717, 1.165) is 18.4 Å². The Labute approximate surface area is 124 Å². The molecule has 0 aromatic heterocycles. The lowest BCUT2D eigenvalue weighted by Crippen LogP contribution is -2.44. The first-order chi connectivity index (χ1) is 10.2. The zero-order valence-electron chi connectivity index (χ0n) is 12.2. The Balaban J connectivity index is 1.96. The third-order valence-electron chi connectivity index (χ3n) is 4.72. The predicted molar refractivity (Wildman–Crippen MR) is 81.9 cm³/mol. The number of ether oxygens (including phenoxy) is 1. The van der Waals surface area contributed by atoms with E-state index in [0.29, 0.717) is 0 Å². The molecule has 3 heteroatoms. The number of hydrogen-bond acceptors (Lipinski definition) is 2. The van der Waals surface area contributed by atoms with Crippen LogP contribution < -0.4 is 10.5 Å². The van der Waals surface area contributed by atoms with Gasteiger partial charge in [-0.2, -0.15) is 0 Å². The van der Waals surface area contributed by atoms with Gasteiger partial charge in [0.2, 0.25) is 0 Å². The van der Waals surface area contributed by atoms with Crippen molar-refractivity contribution in [2.24, 2.45) is 5.73 Å². The zero-order valence-corrected chi connectivity index (χ0v) is 12.2. The van der Waals surface area contributed by atoms with Gasteiger partial charge in [-0.25, -0.2) is 4.39 Å². The monoisotopic (exact) mass is 285 g/mol. The Morgan fingerprint density at radius 2 is 1.86 bits per heavy atom. The van der Waals surface area contributed by atoms with E-state index >= 15 is 0 Å². The number of nitrogens with two attached hydrogens (primary N) is 1. The molecule has 0 aliphatic heterocycles. The van der Waals surface area contributed by atoms with Crippen LogP contribution in [0.4, 0.5) is 4.39 Å². The number of rotatable bonds is 4. The second kappa shape index (κ2) is 5.49. The van der Waals surface area contributed by atoms with Crippen molar-refractivity contribution in [2.45, 2.75) is 30.7 Å². The lowest BCUT2D eigenvalue weighted by Gasteiger charge is -2.47. The highest BCUT2D eigenvalue weighted by Gasteiger charge is 2.44. The van der Waals surface area contributed by atoms with Gasteiger partial charge >= 0.3 is 0 Å². The van der Waals surface area contributed by atoms with E-state index < -0.39 is 0 Å². The van der Waals surface area contributed by atoms with Crippen molar-refractivity contribution < 1.29 is 9.13 Å². The third kappa shape index (κ3) is 2.32. The van der Waals surface area contributed by atoms with Crippen LogP contribution in [0.1, 0.15) is 36.4 Å². The first kappa shape index (κ1) is 14.1. The summed E-state index contributed by atoms with van der Waals surface area (Å²) < 4.78 is 18.9. The minimum Gasteiger partial charge on any atom is -0.494 e. The largest absolute Gasteiger partial charge is 0.494 e. The molecule has 1 saturated carbocycles.